The number of rotatable bonds is 16. The average Bonchev–Trinajstić information content (AvgIpc) is 3.55. The zero-order valence-electron chi connectivity index (χ0n) is 31.9. The summed E-state index contributed by atoms with van der Waals surface area (Å²) in [6.07, 6.45) is 12.5. The summed E-state index contributed by atoms with van der Waals surface area (Å²) in [5, 5.41) is 11.5. The van der Waals surface area contributed by atoms with Crippen molar-refractivity contribution in [1.82, 2.24) is 9.80 Å². The fraction of sp³-hybridized carbons (Fsp3) is 0.438. The van der Waals surface area contributed by atoms with Crippen molar-refractivity contribution in [1.29, 1.82) is 0 Å². The summed E-state index contributed by atoms with van der Waals surface area (Å²) in [4.78, 5) is 19.7. The number of phenolic OH excluding ortho intramolecular Hbond substituents is 1. The zero-order chi connectivity index (χ0) is 37.1. The van der Waals surface area contributed by atoms with Crippen molar-refractivity contribution in [2.24, 2.45) is 5.92 Å². The van der Waals surface area contributed by atoms with Crippen molar-refractivity contribution in [2.75, 3.05) is 26.7 Å². The third-order valence-corrected chi connectivity index (χ3v) is 13.3. The average molecular weight is 725 g/mol. The lowest BCUT2D eigenvalue weighted by molar-refractivity contribution is -0.143. The van der Waals surface area contributed by atoms with Gasteiger partial charge in [-0.3, -0.25) is 9.69 Å². The Kier molecular flexibility index (Phi) is 10.8. The van der Waals surface area contributed by atoms with Crippen molar-refractivity contribution < 1.29 is 19.4 Å². The summed E-state index contributed by atoms with van der Waals surface area (Å²) in [7, 11) is 1.66. The molecular formula is C48H56N2O4. The van der Waals surface area contributed by atoms with E-state index in [2.05, 4.69) is 107 Å². The highest BCUT2D eigenvalue weighted by Gasteiger charge is 2.67. The van der Waals surface area contributed by atoms with Crippen LogP contribution in [0.2, 0.25) is 0 Å². The summed E-state index contributed by atoms with van der Waals surface area (Å²) in [5.74, 6) is 2.28. The molecule has 5 atom stereocenters. The third kappa shape index (κ3) is 6.72. The Labute approximate surface area is 321 Å². The molecule has 8 rings (SSSR count). The van der Waals surface area contributed by atoms with E-state index in [4.69, 9.17) is 9.47 Å². The number of unbranched alkanes of at least 4 members (excludes halogenated alkanes) is 4. The molecule has 0 aromatic heterocycles. The number of hydrogen-bond acceptors (Lipinski definition) is 5. The van der Waals surface area contributed by atoms with E-state index >= 15 is 0 Å². The first-order chi connectivity index (χ1) is 26.5. The third-order valence-electron chi connectivity index (χ3n) is 13.3. The number of phenols is 1. The second-order valence-corrected chi connectivity index (χ2v) is 16.1. The molecule has 4 aromatic rings. The van der Waals surface area contributed by atoms with E-state index < -0.39 is 0 Å². The second-order valence-electron chi connectivity index (χ2n) is 16.1. The van der Waals surface area contributed by atoms with Crippen molar-refractivity contribution in [3.63, 3.8) is 0 Å². The molecule has 6 nitrogen and oxygen atoms in total. The minimum absolute atomic E-state index is 0.0241. The summed E-state index contributed by atoms with van der Waals surface area (Å²) in [6.45, 7) is 6.44. The van der Waals surface area contributed by atoms with Crippen LogP contribution in [-0.2, 0) is 23.1 Å². The first kappa shape index (κ1) is 36.4. The molecule has 1 amide bonds. The highest BCUT2D eigenvalue weighted by Crippen LogP contribution is 2.65. The number of aromatic hydroxyl groups is 1. The predicted molar refractivity (Wildman–Crippen MR) is 215 cm³/mol. The van der Waals surface area contributed by atoms with Gasteiger partial charge in [-0.25, -0.2) is 0 Å². The normalized spacial score (nSPS) is 23.7. The molecule has 0 radical (unpaired) electrons. The van der Waals surface area contributed by atoms with E-state index in [1.165, 1.54) is 29.5 Å². The van der Waals surface area contributed by atoms with Gasteiger partial charge >= 0.3 is 0 Å². The fourth-order valence-corrected chi connectivity index (χ4v) is 10.8. The quantitative estimate of drug-likeness (QED) is 0.0923. The number of amides is 1. The summed E-state index contributed by atoms with van der Waals surface area (Å²) < 4.78 is 13.1. The van der Waals surface area contributed by atoms with Crippen LogP contribution in [-0.4, -0.2) is 65.7 Å². The van der Waals surface area contributed by atoms with Crippen LogP contribution in [0.25, 0.3) is 0 Å². The number of nitrogens with zero attached hydrogens (tertiary/aromatic N) is 2. The molecule has 2 aliphatic heterocycles. The number of aryl methyl sites for hydroxylation is 1. The van der Waals surface area contributed by atoms with Gasteiger partial charge in [0.15, 0.2) is 11.5 Å². The lowest BCUT2D eigenvalue weighted by Crippen LogP contribution is -2.69. The summed E-state index contributed by atoms with van der Waals surface area (Å²) in [5.41, 5.74) is 5.68. The van der Waals surface area contributed by atoms with E-state index in [-0.39, 0.29) is 35.4 Å². The van der Waals surface area contributed by atoms with Crippen LogP contribution in [0.5, 0.6) is 17.2 Å². The molecule has 0 unspecified atom stereocenters. The molecule has 4 aliphatic rings. The summed E-state index contributed by atoms with van der Waals surface area (Å²) >= 11 is 0. The van der Waals surface area contributed by atoms with Crippen molar-refractivity contribution in [3.8, 4) is 17.2 Å². The molecule has 6 heteroatoms. The number of carbonyl (C=O) groups is 1. The van der Waals surface area contributed by atoms with Gasteiger partial charge in [0.25, 0.3) is 0 Å². The second kappa shape index (κ2) is 16.0. The predicted octanol–water partition coefficient (Wildman–Crippen LogP) is 9.24. The number of piperidine rings is 1. The Morgan fingerprint density at radius 3 is 2.31 bits per heavy atom. The van der Waals surface area contributed by atoms with E-state index in [1.807, 2.05) is 6.08 Å². The fourth-order valence-electron chi connectivity index (χ4n) is 10.8. The molecule has 1 saturated carbocycles. The number of carbonyl (C=O) groups excluding carboxylic acids is 1. The van der Waals surface area contributed by atoms with Gasteiger partial charge in [-0.1, -0.05) is 116 Å². The number of methoxy groups -OCH3 is 1. The van der Waals surface area contributed by atoms with Crippen LogP contribution in [0.15, 0.2) is 110 Å². The molecule has 2 heterocycles. The number of likely N-dealkylation sites (tertiary alicyclic amines) is 1. The van der Waals surface area contributed by atoms with Gasteiger partial charge < -0.3 is 19.5 Å². The van der Waals surface area contributed by atoms with Crippen LogP contribution in [0.1, 0.15) is 91.5 Å². The Morgan fingerprint density at radius 1 is 0.963 bits per heavy atom. The Bertz CT molecular complexity index is 1860. The maximum Gasteiger partial charge on any atom is 0.222 e. The van der Waals surface area contributed by atoms with Gasteiger partial charge in [-0.15, -0.1) is 6.58 Å². The van der Waals surface area contributed by atoms with Crippen LogP contribution in [0.4, 0.5) is 0 Å². The van der Waals surface area contributed by atoms with Crippen LogP contribution in [0, 0.1) is 5.92 Å². The lowest BCUT2D eigenvalue weighted by Gasteiger charge is -2.60. The Hall–Kier alpha value is -4.55. The lowest BCUT2D eigenvalue weighted by atomic mass is 9.50. The number of benzene rings is 4. The van der Waals surface area contributed by atoms with Gasteiger partial charge in [-0.2, -0.15) is 0 Å². The molecule has 2 fully saturated rings. The summed E-state index contributed by atoms with van der Waals surface area (Å²) in [6, 6.07) is 34.0. The van der Waals surface area contributed by atoms with E-state index in [0.29, 0.717) is 30.4 Å². The van der Waals surface area contributed by atoms with Gasteiger partial charge in [0.2, 0.25) is 5.91 Å². The maximum atomic E-state index is 14.9. The van der Waals surface area contributed by atoms with Crippen LogP contribution < -0.4 is 9.47 Å². The minimum Gasteiger partial charge on any atom is -0.508 e. The largest absolute Gasteiger partial charge is 0.508 e. The van der Waals surface area contributed by atoms with Crippen LogP contribution >= 0.6 is 0 Å². The Balaban J connectivity index is 1.10. The van der Waals surface area contributed by atoms with Crippen molar-refractivity contribution in [2.45, 2.75) is 100 Å². The number of hydrogen-bond donors (Lipinski definition) is 1. The van der Waals surface area contributed by atoms with Gasteiger partial charge in [0, 0.05) is 54.1 Å². The maximum absolute atomic E-state index is 14.9. The standard InChI is InChI=1S/C48H56N2O4/c1-3-29-49-30-28-48-39-26-27-40(47(48)54-46-43(53-2)32-42(51)37(45(46)48)31-41(39)49)50(33-38(35-21-13-8-14-22-35)36-23-15-9-16-24-36)44(52)25-17-6-4-5-10-18-34-19-11-7-12-20-34/h3,7-9,11-16,19-24,32,38-41,47,51H,1,4-6,10,17-18,25-31,33H2,2H3/t39-,40+,41+,47-,48-/m0/s1. The molecule has 54 heavy (non-hydrogen) atoms. The highest BCUT2D eigenvalue weighted by atomic mass is 16.5. The van der Waals surface area contributed by atoms with Crippen molar-refractivity contribution >= 4 is 5.91 Å². The molecule has 1 saturated heterocycles. The molecule has 1 N–H and O–H groups in total. The van der Waals surface area contributed by atoms with E-state index in [0.717, 1.165) is 81.3 Å². The van der Waals surface area contributed by atoms with E-state index in [1.54, 1.807) is 13.2 Å². The smallest absolute Gasteiger partial charge is 0.222 e. The SMILES string of the molecule is C=CCN1CC[C@]23c4c5c(O)cc(OC)c4O[C@H]2[C@H](N(CC(c2ccccc2)c2ccccc2)C(=O)CCCCCCCc2ccccc2)CC[C@H]3[C@H]1C5. The van der Waals surface area contributed by atoms with Crippen molar-refractivity contribution in [3.05, 3.63) is 138 Å². The molecule has 2 bridgehead atoms. The molecule has 4 aromatic carbocycles. The van der Waals surface area contributed by atoms with Gasteiger partial charge in [-0.05, 0) is 74.1 Å². The van der Waals surface area contributed by atoms with Crippen LogP contribution in [0.3, 0.4) is 0 Å². The van der Waals surface area contributed by atoms with E-state index in [9.17, 15) is 9.90 Å². The highest BCUT2D eigenvalue weighted by molar-refractivity contribution is 5.77. The zero-order valence-corrected chi connectivity index (χ0v) is 31.9. The molecular weight excluding hydrogens is 669 g/mol. The first-order valence-electron chi connectivity index (χ1n) is 20.4. The Morgan fingerprint density at radius 2 is 1.63 bits per heavy atom. The number of ether oxygens (including phenoxy) is 2. The molecule has 2 aliphatic carbocycles. The van der Waals surface area contributed by atoms with Gasteiger partial charge in [0.05, 0.1) is 13.2 Å². The van der Waals surface area contributed by atoms with Gasteiger partial charge in [0.1, 0.15) is 11.9 Å². The molecule has 1 spiro atoms. The minimum atomic E-state index is -0.299. The monoisotopic (exact) mass is 724 g/mol. The first-order valence-corrected chi connectivity index (χ1v) is 20.4. The molecule has 282 valence electrons. The topological polar surface area (TPSA) is 62.2 Å².